The predicted molar refractivity (Wildman–Crippen MR) is 149 cm³/mol. The molecule has 0 aliphatic carbocycles. The lowest BCUT2D eigenvalue weighted by Crippen LogP contribution is -2.45. The Morgan fingerprint density at radius 3 is 2.45 bits per heavy atom. The molecule has 0 unspecified atom stereocenters. The van der Waals surface area contributed by atoms with E-state index < -0.39 is 6.04 Å². The molecule has 198 valence electrons. The predicted octanol–water partition coefficient (Wildman–Crippen LogP) is 5.08. The van der Waals surface area contributed by atoms with E-state index in [1.54, 1.807) is 4.68 Å². The highest BCUT2D eigenvalue weighted by atomic mass is 16.5. The molecule has 0 spiro atoms. The zero-order valence-electron chi connectivity index (χ0n) is 22.4. The number of hydrogen-bond donors (Lipinski definition) is 1. The average molecular weight is 514 g/mol. The summed E-state index contributed by atoms with van der Waals surface area (Å²) >= 11 is 0. The van der Waals surface area contributed by atoms with E-state index in [1.165, 1.54) is 4.90 Å². The third-order valence-electron chi connectivity index (χ3n) is 6.32. The fourth-order valence-electron chi connectivity index (χ4n) is 4.34. The van der Waals surface area contributed by atoms with E-state index in [9.17, 15) is 9.59 Å². The standard InChI is InChI=1S/C30H35N5O3/c1-5-38-27-13-9-8-12-26(27)35(28(36)20-34-25-11-7-6-10-24(25)32-33-34)29(23-16-14-22(4)15-17-23)30(37)31-19-18-21(2)3/h6-17,21,29H,5,18-20H2,1-4H3,(H,31,37)/t29-/m1/s1. The van der Waals surface area contributed by atoms with Gasteiger partial charge in [-0.25, -0.2) is 4.68 Å². The highest BCUT2D eigenvalue weighted by Gasteiger charge is 2.34. The summed E-state index contributed by atoms with van der Waals surface area (Å²) in [5, 5.41) is 11.5. The lowest BCUT2D eigenvalue weighted by molar-refractivity contribution is -0.127. The smallest absolute Gasteiger partial charge is 0.249 e. The molecule has 1 atom stereocenters. The molecule has 8 heteroatoms. The van der Waals surface area contributed by atoms with Gasteiger partial charge < -0.3 is 10.1 Å². The summed E-state index contributed by atoms with van der Waals surface area (Å²) in [6, 6.07) is 21.6. The van der Waals surface area contributed by atoms with Crippen molar-refractivity contribution in [2.75, 3.05) is 18.1 Å². The maximum Gasteiger partial charge on any atom is 0.249 e. The van der Waals surface area contributed by atoms with E-state index in [0.717, 1.165) is 17.5 Å². The minimum atomic E-state index is -0.911. The number of carbonyl (C=O) groups excluding carboxylic acids is 2. The van der Waals surface area contributed by atoms with Crippen molar-refractivity contribution in [2.24, 2.45) is 5.92 Å². The zero-order valence-corrected chi connectivity index (χ0v) is 22.4. The van der Waals surface area contributed by atoms with E-state index in [-0.39, 0.29) is 18.4 Å². The van der Waals surface area contributed by atoms with Crippen LogP contribution < -0.4 is 15.0 Å². The van der Waals surface area contributed by atoms with Gasteiger partial charge in [-0.2, -0.15) is 0 Å². The van der Waals surface area contributed by atoms with Crippen LogP contribution in [-0.2, 0) is 16.1 Å². The van der Waals surface area contributed by atoms with Crippen molar-refractivity contribution in [2.45, 2.75) is 46.7 Å². The Morgan fingerprint density at radius 2 is 1.71 bits per heavy atom. The number of carbonyl (C=O) groups is 2. The van der Waals surface area contributed by atoms with Crippen molar-refractivity contribution in [3.8, 4) is 5.75 Å². The van der Waals surface area contributed by atoms with Crippen LogP contribution in [0.5, 0.6) is 5.75 Å². The first kappa shape index (κ1) is 26.9. The van der Waals surface area contributed by atoms with Crippen LogP contribution in [0.15, 0.2) is 72.8 Å². The molecule has 0 bridgehead atoms. The maximum atomic E-state index is 14.2. The number of fused-ring (bicyclic) bond motifs is 1. The van der Waals surface area contributed by atoms with Gasteiger partial charge in [0.05, 0.1) is 17.8 Å². The van der Waals surface area contributed by atoms with Gasteiger partial charge in [-0.15, -0.1) is 5.10 Å². The van der Waals surface area contributed by atoms with E-state index in [1.807, 2.05) is 86.6 Å². The molecule has 0 saturated heterocycles. The van der Waals surface area contributed by atoms with Gasteiger partial charge in [0.25, 0.3) is 0 Å². The quantitative estimate of drug-likeness (QED) is 0.302. The van der Waals surface area contributed by atoms with Gasteiger partial charge in [0.15, 0.2) is 0 Å². The number of para-hydroxylation sites is 3. The highest BCUT2D eigenvalue weighted by Crippen LogP contribution is 2.35. The number of aryl methyl sites for hydroxylation is 1. The monoisotopic (exact) mass is 513 g/mol. The number of amides is 2. The lowest BCUT2D eigenvalue weighted by Gasteiger charge is -2.32. The van der Waals surface area contributed by atoms with Gasteiger partial charge in [-0.1, -0.05) is 73.2 Å². The summed E-state index contributed by atoms with van der Waals surface area (Å²) in [5.41, 5.74) is 3.73. The van der Waals surface area contributed by atoms with Gasteiger partial charge in [-0.3, -0.25) is 14.5 Å². The van der Waals surface area contributed by atoms with Crippen LogP contribution in [0, 0.1) is 12.8 Å². The number of nitrogens with zero attached hydrogens (tertiary/aromatic N) is 4. The molecule has 0 radical (unpaired) electrons. The molecule has 1 aromatic heterocycles. The largest absolute Gasteiger partial charge is 0.492 e. The molecule has 0 aliphatic rings. The summed E-state index contributed by atoms with van der Waals surface area (Å²) in [7, 11) is 0. The summed E-state index contributed by atoms with van der Waals surface area (Å²) < 4.78 is 7.48. The van der Waals surface area contributed by atoms with Crippen molar-refractivity contribution >= 4 is 28.5 Å². The van der Waals surface area contributed by atoms with Crippen molar-refractivity contribution in [3.05, 3.63) is 83.9 Å². The van der Waals surface area contributed by atoms with Gasteiger partial charge in [0.1, 0.15) is 23.9 Å². The van der Waals surface area contributed by atoms with Crippen molar-refractivity contribution in [1.29, 1.82) is 0 Å². The molecule has 4 rings (SSSR count). The van der Waals surface area contributed by atoms with Crippen LogP contribution in [0.3, 0.4) is 0 Å². The summed E-state index contributed by atoms with van der Waals surface area (Å²) in [6.45, 7) is 8.94. The average Bonchev–Trinajstić information content (AvgIpc) is 3.31. The Hall–Kier alpha value is -4.20. The molecule has 1 N–H and O–H groups in total. The Labute approximate surface area is 223 Å². The number of ether oxygens (including phenoxy) is 1. The van der Waals surface area contributed by atoms with Crippen LogP contribution in [0.1, 0.15) is 44.4 Å². The molecule has 0 fully saturated rings. The molecule has 0 aliphatic heterocycles. The number of hydrogen-bond acceptors (Lipinski definition) is 5. The summed E-state index contributed by atoms with van der Waals surface area (Å²) in [6.07, 6.45) is 0.834. The van der Waals surface area contributed by atoms with Crippen LogP contribution in [-0.4, -0.2) is 40.0 Å². The molecule has 8 nitrogen and oxygen atoms in total. The van der Waals surface area contributed by atoms with Crippen LogP contribution in [0.25, 0.3) is 11.0 Å². The van der Waals surface area contributed by atoms with Gasteiger partial charge in [0.2, 0.25) is 11.8 Å². The number of benzene rings is 3. The molecule has 0 saturated carbocycles. The summed E-state index contributed by atoms with van der Waals surface area (Å²) in [5.74, 6) is 0.402. The number of nitrogens with one attached hydrogen (secondary N) is 1. The first-order chi connectivity index (χ1) is 18.4. The van der Waals surface area contributed by atoms with Crippen LogP contribution in [0.4, 0.5) is 5.69 Å². The minimum absolute atomic E-state index is 0.0946. The van der Waals surface area contributed by atoms with Crippen molar-refractivity contribution in [3.63, 3.8) is 0 Å². The maximum absolute atomic E-state index is 14.2. The van der Waals surface area contributed by atoms with Crippen molar-refractivity contribution < 1.29 is 14.3 Å². The van der Waals surface area contributed by atoms with E-state index in [0.29, 0.717) is 41.6 Å². The number of anilines is 1. The third kappa shape index (κ3) is 6.19. The van der Waals surface area contributed by atoms with Gasteiger partial charge in [-0.05, 0) is 56.0 Å². The third-order valence-corrected chi connectivity index (χ3v) is 6.32. The number of aromatic nitrogens is 3. The van der Waals surface area contributed by atoms with E-state index in [2.05, 4.69) is 29.5 Å². The SMILES string of the molecule is CCOc1ccccc1N(C(=O)Cn1nnc2ccccc21)[C@@H](C(=O)NCCC(C)C)c1ccc(C)cc1. The van der Waals surface area contributed by atoms with Crippen molar-refractivity contribution in [1.82, 2.24) is 20.3 Å². The molecular formula is C30H35N5O3. The van der Waals surface area contributed by atoms with Gasteiger partial charge >= 0.3 is 0 Å². The zero-order chi connectivity index (χ0) is 27.1. The molecule has 3 aromatic carbocycles. The normalized spacial score (nSPS) is 11.9. The second-order valence-electron chi connectivity index (χ2n) is 9.69. The second-order valence-corrected chi connectivity index (χ2v) is 9.69. The molecule has 2 amide bonds. The lowest BCUT2D eigenvalue weighted by atomic mass is 10.0. The molecule has 4 aromatic rings. The Bertz CT molecular complexity index is 1380. The first-order valence-electron chi connectivity index (χ1n) is 13.1. The van der Waals surface area contributed by atoms with E-state index >= 15 is 0 Å². The van der Waals surface area contributed by atoms with E-state index in [4.69, 9.17) is 4.74 Å². The van der Waals surface area contributed by atoms with Crippen LogP contribution >= 0.6 is 0 Å². The second kappa shape index (κ2) is 12.4. The Kier molecular flexibility index (Phi) is 8.73. The molecule has 38 heavy (non-hydrogen) atoms. The van der Waals surface area contributed by atoms with Crippen LogP contribution in [0.2, 0.25) is 0 Å². The fourth-order valence-corrected chi connectivity index (χ4v) is 4.34. The minimum Gasteiger partial charge on any atom is -0.492 e. The molecular weight excluding hydrogens is 478 g/mol. The Morgan fingerprint density at radius 1 is 1.00 bits per heavy atom. The fraction of sp³-hybridized carbons (Fsp3) is 0.333. The Balaban J connectivity index is 1.81. The molecule has 1 heterocycles. The number of rotatable bonds is 11. The van der Waals surface area contributed by atoms with Gasteiger partial charge in [0, 0.05) is 6.54 Å². The topological polar surface area (TPSA) is 89.3 Å². The first-order valence-corrected chi connectivity index (χ1v) is 13.1. The summed E-state index contributed by atoms with van der Waals surface area (Å²) in [4.78, 5) is 29.6. The highest BCUT2D eigenvalue weighted by molar-refractivity contribution is 6.02.